The molecule has 0 amide bonds. The topological polar surface area (TPSA) is 48.7 Å². The molecule has 0 saturated heterocycles. The summed E-state index contributed by atoms with van der Waals surface area (Å²) in [5, 5.41) is 0.450. The average molecular weight is 415 g/mol. The molecule has 3 aromatic carbocycles. The lowest BCUT2D eigenvalue weighted by Crippen LogP contribution is -2.10. The van der Waals surface area contributed by atoms with Gasteiger partial charge in [-0.3, -0.25) is 4.79 Å². The smallest absolute Gasteiger partial charge is 0.235 e. The molecule has 1 heterocycles. The Morgan fingerprint density at radius 1 is 0.871 bits per heavy atom. The van der Waals surface area contributed by atoms with Crippen LogP contribution in [0.4, 0.5) is 0 Å². The van der Waals surface area contributed by atoms with Gasteiger partial charge in [0.25, 0.3) is 0 Å². The largest absolute Gasteiger partial charge is 0.489 e. The number of hydrogen-bond acceptors (Lipinski definition) is 4. The Morgan fingerprint density at radius 2 is 1.55 bits per heavy atom. The third-order valence-corrected chi connectivity index (χ3v) is 5.19. The number of rotatable bonds is 5. The van der Waals surface area contributed by atoms with Crippen LogP contribution in [0.2, 0.25) is 0 Å². The molecule has 0 saturated carbocycles. The van der Waals surface area contributed by atoms with Gasteiger partial charge >= 0.3 is 0 Å². The Morgan fingerprint density at radius 3 is 2.23 bits per heavy atom. The monoisotopic (exact) mass is 414 g/mol. The van der Waals surface area contributed by atoms with E-state index in [4.69, 9.17) is 13.9 Å². The van der Waals surface area contributed by atoms with E-state index in [-0.39, 0.29) is 16.6 Å². The van der Waals surface area contributed by atoms with Crippen LogP contribution in [0, 0.1) is 6.92 Å². The van der Waals surface area contributed by atoms with E-state index in [0.29, 0.717) is 29.1 Å². The second-order valence-electron chi connectivity index (χ2n) is 8.74. The van der Waals surface area contributed by atoms with Crippen LogP contribution in [-0.2, 0) is 12.0 Å². The third-order valence-electron chi connectivity index (χ3n) is 5.19. The highest BCUT2D eigenvalue weighted by Gasteiger charge is 2.14. The zero-order chi connectivity index (χ0) is 22.0. The summed E-state index contributed by atoms with van der Waals surface area (Å²) in [5.74, 6) is 1.39. The van der Waals surface area contributed by atoms with Crippen molar-refractivity contribution in [1.29, 1.82) is 0 Å². The van der Waals surface area contributed by atoms with Crippen molar-refractivity contribution in [2.24, 2.45) is 0 Å². The van der Waals surface area contributed by atoms with Crippen molar-refractivity contribution in [3.8, 4) is 17.2 Å². The Labute approximate surface area is 182 Å². The van der Waals surface area contributed by atoms with Gasteiger partial charge in [0.1, 0.15) is 30.0 Å². The zero-order valence-electron chi connectivity index (χ0n) is 18.3. The van der Waals surface area contributed by atoms with Crippen molar-refractivity contribution in [3.63, 3.8) is 0 Å². The highest BCUT2D eigenvalue weighted by Crippen LogP contribution is 2.27. The maximum absolute atomic E-state index is 12.9. The van der Waals surface area contributed by atoms with E-state index in [1.54, 1.807) is 18.2 Å². The van der Waals surface area contributed by atoms with Crippen molar-refractivity contribution in [1.82, 2.24) is 0 Å². The first-order valence-electron chi connectivity index (χ1n) is 10.3. The van der Waals surface area contributed by atoms with Crippen LogP contribution >= 0.6 is 0 Å². The summed E-state index contributed by atoms with van der Waals surface area (Å²) in [7, 11) is 0. The van der Waals surface area contributed by atoms with E-state index >= 15 is 0 Å². The fourth-order valence-electron chi connectivity index (χ4n) is 3.25. The van der Waals surface area contributed by atoms with Crippen LogP contribution < -0.4 is 14.9 Å². The molecule has 4 aromatic rings. The fourth-order valence-corrected chi connectivity index (χ4v) is 3.25. The molecule has 0 radical (unpaired) electrons. The number of hydrogen-bond donors (Lipinski definition) is 0. The summed E-state index contributed by atoms with van der Waals surface area (Å²) in [6.45, 7) is 8.95. The molecule has 0 N–H and O–H groups in total. The van der Waals surface area contributed by atoms with Crippen molar-refractivity contribution in [2.45, 2.75) is 39.7 Å². The quantitative estimate of drug-likeness (QED) is 0.361. The number of aryl methyl sites for hydroxylation is 1. The molecule has 0 unspecified atom stereocenters. The molecule has 0 aliphatic heterocycles. The van der Waals surface area contributed by atoms with Crippen molar-refractivity contribution in [3.05, 3.63) is 99.9 Å². The summed E-state index contributed by atoms with van der Waals surface area (Å²) >= 11 is 0. The molecule has 0 fully saturated rings. The molecule has 0 atom stereocenters. The van der Waals surface area contributed by atoms with Gasteiger partial charge in [0.15, 0.2) is 0 Å². The lowest BCUT2D eigenvalue weighted by atomic mass is 9.87. The summed E-state index contributed by atoms with van der Waals surface area (Å²) < 4.78 is 17.3. The predicted octanol–water partition coefficient (Wildman–Crippen LogP) is 6.77. The van der Waals surface area contributed by atoms with Crippen LogP contribution in [0.25, 0.3) is 11.0 Å². The summed E-state index contributed by atoms with van der Waals surface area (Å²) in [5.41, 5.74) is 3.78. The highest BCUT2D eigenvalue weighted by atomic mass is 16.5. The molecule has 4 nitrogen and oxygen atoms in total. The normalized spacial score (nSPS) is 11.5. The lowest BCUT2D eigenvalue weighted by molar-refractivity contribution is 0.306. The van der Waals surface area contributed by atoms with Gasteiger partial charge in [-0.05, 0) is 47.7 Å². The van der Waals surface area contributed by atoms with E-state index in [0.717, 1.165) is 5.56 Å². The number of ether oxygens (including phenoxy) is 2. The van der Waals surface area contributed by atoms with E-state index in [1.165, 1.54) is 17.4 Å². The maximum Gasteiger partial charge on any atom is 0.235 e. The van der Waals surface area contributed by atoms with Gasteiger partial charge in [-0.2, -0.15) is 0 Å². The summed E-state index contributed by atoms with van der Waals surface area (Å²) in [6, 6.07) is 21.1. The van der Waals surface area contributed by atoms with Crippen LogP contribution in [0.5, 0.6) is 17.2 Å². The molecule has 158 valence electrons. The zero-order valence-corrected chi connectivity index (χ0v) is 18.3. The SMILES string of the molecule is Cc1ccc(COc2ccc3c(=O)c(Oc4ccc(C(C)(C)C)cc4)coc3c2)cc1. The molecule has 31 heavy (non-hydrogen) atoms. The molecule has 0 spiro atoms. The van der Waals surface area contributed by atoms with Gasteiger partial charge in [-0.1, -0.05) is 62.7 Å². The van der Waals surface area contributed by atoms with Crippen molar-refractivity contribution < 1.29 is 13.9 Å². The van der Waals surface area contributed by atoms with Crippen molar-refractivity contribution >= 4 is 11.0 Å². The van der Waals surface area contributed by atoms with Gasteiger partial charge < -0.3 is 13.9 Å². The van der Waals surface area contributed by atoms with Gasteiger partial charge in [-0.15, -0.1) is 0 Å². The Bertz CT molecular complexity index is 1240. The average Bonchev–Trinajstić information content (AvgIpc) is 2.75. The second kappa shape index (κ2) is 8.31. The van der Waals surface area contributed by atoms with E-state index in [9.17, 15) is 4.79 Å². The van der Waals surface area contributed by atoms with E-state index < -0.39 is 0 Å². The molecule has 0 bridgehead atoms. The van der Waals surface area contributed by atoms with Gasteiger partial charge in [-0.25, -0.2) is 0 Å². The minimum absolute atomic E-state index is 0.0553. The van der Waals surface area contributed by atoms with E-state index in [2.05, 4.69) is 39.8 Å². The Kier molecular flexibility index (Phi) is 5.55. The molecule has 0 aliphatic rings. The molecule has 4 heteroatoms. The molecular formula is C27H26O4. The standard InChI is InChI=1S/C27H26O4/c1-18-5-7-19(8-6-18)16-29-22-13-14-23-24(15-22)30-17-25(26(23)28)31-21-11-9-20(10-12-21)27(2,3)4/h5-15,17H,16H2,1-4H3. The Hall–Kier alpha value is -3.53. The lowest BCUT2D eigenvalue weighted by Gasteiger charge is -2.19. The summed E-state index contributed by atoms with van der Waals surface area (Å²) in [4.78, 5) is 12.9. The van der Waals surface area contributed by atoms with Crippen molar-refractivity contribution in [2.75, 3.05) is 0 Å². The molecule has 1 aromatic heterocycles. The first-order valence-corrected chi connectivity index (χ1v) is 10.3. The molecular weight excluding hydrogens is 388 g/mol. The van der Waals surface area contributed by atoms with Crippen LogP contribution in [0.15, 0.2) is 82.2 Å². The fraction of sp³-hybridized carbons (Fsp3) is 0.222. The second-order valence-corrected chi connectivity index (χ2v) is 8.74. The number of fused-ring (bicyclic) bond motifs is 1. The predicted molar refractivity (Wildman–Crippen MR) is 123 cm³/mol. The van der Waals surface area contributed by atoms with Gasteiger partial charge in [0, 0.05) is 6.07 Å². The van der Waals surface area contributed by atoms with Gasteiger partial charge in [0.05, 0.1) is 5.39 Å². The first kappa shape index (κ1) is 20.7. The highest BCUT2D eigenvalue weighted by molar-refractivity contribution is 5.79. The van der Waals surface area contributed by atoms with E-state index in [1.807, 2.05) is 36.4 Å². The minimum atomic E-state index is -0.216. The van der Waals surface area contributed by atoms with Gasteiger partial charge in [0.2, 0.25) is 11.2 Å². The molecule has 0 aliphatic carbocycles. The third kappa shape index (κ3) is 4.80. The number of benzene rings is 3. The first-order chi connectivity index (χ1) is 14.8. The Balaban J connectivity index is 1.51. The molecule has 4 rings (SSSR count). The minimum Gasteiger partial charge on any atom is -0.489 e. The maximum atomic E-state index is 12.9. The summed E-state index contributed by atoms with van der Waals surface area (Å²) in [6.07, 6.45) is 1.35. The van der Waals surface area contributed by atoms with Crippen LogP contribution in [0.3, 0.4) is 0 Å². The van der Waals surface area contributed by atoms with Crippen LogP contribution in [-0.4, -0.2) is 0 Å². The van der Waals surface area contributed by atoms with Crippen LogP contribution in [0.1, 0.15) is 37.5 Å².